The summed E-state index contributed by atoms with van der Waals surface area (Å²) in [7, 11) is 4.10. The Hall–Kier alpha value is -2.13. The lowest BCUT2D eigenvalue weighted by molar-refractivity contribution is 0.0951. The summed E-state index contributed by atoms with van der Waals surface area (Å²) in [4.78, 5) is 14.2. The number of hydrogen-bond donors (Lipinski definition) is 1. The molecule has 0 aliphatic heterocycles. The minimum absolute atomic E-state index is 0.0348. The average Bonchev–Trinajstić information content (AvgIpc) is 2.46. The number of rotatable bonds is 5. The van der Waals surface area contributed by atoms with E-state index in [0.29, 0.717) is 12.1 Å². The molecule has 21 heavy (non-hydrogen) atoms. The van der Waals surface area contributed by atoms with Crippen LogP contribution in [0.1, 0.15) is 27.0 Å². The van der Waals surface area contributed by atoms with Crippen molar-refractivity contribution in [3.63, 3.8) is 0 Å². The smallest absolute Gasteiger partial charge is 0.251 e. The number of hydrogen-bond acceptors (Lipinski definition) is 2. The van der Waals surface area contributed by atoms with E-state index in [1.54, 1.807) is 0 Å². The van der Waals surface area contributed by atoms with Gasteiger partial charge >= 0.3 is 0 Å². The predicted octanol–water partition coefficient (Wildman–Crippen LogP) is 2.99. The van der Waals surface area contributed by atoms with Crippen molar-refractivity contribution in [2.45, 2.75) is 20.0 Å². The molecule has 3 heteroatoms. The van der Waals surface area contributed by atoms with E-state index < -0.39 is 0 Å². The molecule has 0 saturated heterocycles. The monoisotopic (exact) mass is 282 g/mol. The molecule has 0 unspecified atom stereocenters. The molecule has 110 valence electrons. The predicted molar refractivity (Wildman–Crippen MR) is 86.2 cm³/mol. The molecule has 0 heterocycles. The molecule has 2 aromatic carbocycles. The van der Waals surface area contributed by atoms with Crippen LogP contribution in [-0.4, -0.2) is 24.9 Å². The van der Waals surface area contributed by atoms with Gasteiger partial charge in [0, 0.05) is 18.7 Å². The van der Waals surface area contributed by atoms with Crippen molar-refractivity contribution in [1.29, 1.82) is 0 Å². The number of carbonyl (C=O) groups excluding carboxylic acids is 1. The highest BCUT2D eigenvalue weighted by Gasteiger charge is 2.04. The minimum Gasteiger partial charge on any atom is -0.348 e. The van der Waals surface area contributed by atoms with E-state index in [9.17, 15) is 4.79 Å². The van der Waals surface area contributed by atoms with Gasteiger partial charge in [-0.3, -0.25) is 4.79 Å². The zero-order chi connectivity index (χ0) is 15.2. The molecule has 1 N–H and O–H groups in total. The van der Waals surface area contributed by atoms with Crippen LogP contribution in [0.15, 0.2) is 48.5 Å². The van der Waals surface area contributed by atoms with E-state index in [2.05, 4.69) is 48.6 Å². The van der Waals surface area contributed by atoms with Crippen LogP contribution in [0.3, 0.4) is 0 Å². The second kappa shape index (κ2) is 7.04. The van der Waals surface area contributed by atoms with Crippen LogP contribution in [0.4, 0.5) is 0 Å². The highest BCUT2D eigenvalue weighted by atomic mass is 16.1. The Morgan fingerprint density at radius 1 is 0.952 bits per heavy atom. The summed E-state index contributed by atoms with van der Waals surface area (Å²) in [6, 6.07) is 15.9. The summed E-state index contributed by atoms with van der Waals surface area (Å²) in [6.45, 7) is 3.49. The highest BCUT2D eigenvalue weighted by Crippen LogP contribution is 2.07. The second-order valence-electron chi connectivity index (χ2n) is 5.60. The lowest BCUT2D eigenvalue weighted by Gasteiger charge is -2.10. The van der Waals surface area contributed by atoms with Crippen molar-refractivity contribution >= 4 is 5.91 Å². The van der Waals surface area contributed by atoms with Gasteiger partial charge in [0.2, 0.25) is 0 Å². The molecule has 2 rings (SSSR count). The van der Waals surface area contributed by atoms with Crippen LogP contribution in [0.5, 0.6) is 0 Å². The lowest BCUT2D eigenvalue weighted by Crippen LogP contribution is -2.22. The van der Waals surface area contributed by atoms with Crippen molar-refractivity contribution < 1.29 is 4.79 Å². The maximum Gasteiger partial charge on any atom is 0.251 e. The molecule has 0 bridgehead atoms. The van der Waals surface area contributed by atoms with Gasteiger partial charge < -0.3 is 10.2 Å². The van der Waals surface area contributed by atoms with Crippen LogP contribution in [0.25, 0.3) is 0 Å². The molecular weight excluding hydrogens is 260 g/mol. The van der Waals surface area contributed by atoms with E-state index in [-0.39, 0.29) is 5.91 Å². The first-order valence-electron chi connectivity index (χ1n) is 7.12. The summed E-state index contributed by atoms with van der Waals surface area (Å²) >= 11 is 0. The Bertz CT molecular complexity index is 586. The van der Waals surface area contributed by atoms with Gasteiger partial charge in [-0.05, 0) is 44.3 Å². The van der Waals surface area contributed by atoms with E-state index in [4.69, 9.17) is 0 Å². The molecule has 0 aromatic heterocycles. The SMILES string of the molecule is Cc1ccc(C(=O)NCc2ccc(CN(C)C)cc2)cc1. The summed E-state index contributed by atoms with van der Waals surface area (Å²) in [6.07, 6.45) is 0. The number of carbonyl (C=O) groups is 1. The number of amides is 1. The van der Waals surface area contributed by atoms with Gasteiger partial charge in [0.25, 0.3) is 5.91 Å². The highest BCUT2D eigenvalue weighted by molar-refractivity contribution is 5.94. The Kier molecular flexibility index (Phi) is 5.12. The maximum absolute atomic E-state index is 12.0. The van der Waals surface area contributed by atoms with Crippen LogP contribution < -0.4 is 5.32 Å². The quantitative estimate of drug-likeness (QED) is 0.914. The molecule has 0 spiro atoms. The molecule has 0 saturated carbocycles. The van der Waals surface area contributed by atoms with Crippen molar-refractivity contribution in [2.75, 3.05) is 14.1 Å². The fourth-order valence-corrected chi connectivity index (χ4v) is 2.12. The first kappa shape index (κ1) is 15.3. The second-order valence-corrected chi connectivity index (χ2v) is 5.60. The van der Waals surface area contributed by atoms with Crippen molar-refractivity contribution in [3.05, 3.63) is 70.8 Å². The van der Waals surface area contributed by atoms with Crippen molar-refractivity contribution in [2.24, 2.45) is 0 Å². The normalized spacial score (nSPS) is 10.7. The lowest BCUT2D eigenvalue weighted by atomic mass is 10.1. The Balaban J connectivity index is 1.90. The molecule has 0 aliphatic rings. The average molecular weight is 282 g/mol. The van der Waals surface area contributed by atoms with Crippen LogP contribution in [0, 0.1) is 6.92 Å². The fourth-order valence-electron chi connectivity index (χ4n) is 2.12. The van der Waals surface area contributed by atoms with Gasteiger partial charge in [0.05, 0.1) is 0 Å². The largest absolute Gasteiger partial charge is 0.348 e. The van der Waals surface area contributed by atoms with E-state index in [1.165, 1.54) is 5.56 Å². The third-order valence-electron chi connectivity index (χ3n) is 3.29. The molecule has 0 aliphatic carbocycles. The van der Waals surface area contributed by atoms with E-state index >= 15 is 0 Å². The Morgan fingerprint density at radius 2 is 1.52 bits per heavy atom. The number of nitrogens with one attached hydrogen (secondary N) is 1. The third kappa shape index (κ3) is 4.72. The van der Waals surface area contributed by atoms with E-state index in [1.807, 2.05) is 31.2 Å². The first-order chi connectivity index (χ1) is 10.0. The molecular formula is C18H22N2O. The molecule has 2 aromatic rings. The zero-order valence-corrected chi connectivity index (χ0v) is 12.9. The zero-order valence-electron chi connectivity index (χ0n) is 12.9. The summed E-state index contributed by atoms with van der Waals surface area (Å²) in [5.41, 5.74) is 4.24. The summed E-state index contributed by atoms with van der Waals surface area (Å²) in [5, 5.41) is 2.95. The van der Waals surface area contributed by atoms with Gasteiger partial charge in [0.1, 0.15) is 0 Å². The van der Waals surface area contributed by atoms with Gasteiger partial charge in [0.15, 0.2) is 0 Å². The molecule has 0 atom stereocenters. The maximum atomic E-state index is 12.0. The number of benzene rings is 2. The summed E-state index contributed by atoms with van der Waals surface area (Å²) < 4.78 is 0. The molecule has 1 amide bonds. The third-order valence-corrected chi connectivity index (χ3v) is 3.29. The van der Waals surface area contributed by atoms with Crippen LogP contribution in [-0.2, 0) is 13.1 Å². The Labute approximate surface area is 126 Å². The Morgan fingerprint density at radius 3 is 2.10 bits per heavy atom. The minimum atomic E-state index is -0.0348. The molecule has 0 fully saturated rings. The van der Waals surface area contributed by atoms with Gasteiger partial charge in [-0.25, -0.2) is 0 Å². The number of nitrogens with zero attached hydrogens (tertiary/aromatic N) is 1. The van der Waals surface area contributed by atoms with Gasteiger partial charge in [-0.15, -0.1) is 0 Å². The molecule has 0 radical (unpaired) electrons. The number of aryl methyl sites for hydroxylation is 1. The fraction of sp³-hybridized carbons (Fsp3) is 0.278. The first-order valence-corrected chi connectivity index (χ1v) is 7.12. The van der Waals surface area contributed by atoms with Crippen LogP contribution >= 0.6 is 0 Å². The van der Waals surface area contributed by atoms with Gasteiger partial charge in [-0.2, -0.15) is 0 Å². The van der Waals surface area contributed by atoms with Crippen molar-refractivity contribution in [3.8, 4) is 0 Å². The van der Waals surface area contributed by atoms with Crippen molar-refractivity contribution in [1.82, 2.24) is 10.2 Å². The standard InChI is InChI=1S/C18H22N2O/c1-14-4-10-17(11-5-14)18(21)19-12-15-6-8-16(9-7-15)13-20(2)3/h4-11H,12-13H2,1-3H3,(H,19,21). The van der Waals surface area contributed by atoms with E-state index in [0.717, 1.165) is 17.7 Å². The van der Waals surface area contributed by atoms with Gasteiger partial charge in [-0.1, -0.05) is 42.0 Å². The summed E-state index contributed by atoms with van der Waals surface area (Å²) in [5.74, 6) is -0.0348. The van der Waals surface area contributed by atoms with Crippen LogP contribution in [0.2, 0.25) is 0 Å². The topological polar surface area (TPSA) is 32.3 Å². The molecule has 3 nitrogen and oxygen atoms in total.